The Hall–Kier alpha value is -1.62. The zero-order chi connectivity index (χ0) is 16.4. The van der Waals surface area contributed by atoms with Crippen LogP contribution in [-0.2, 0) is 9.84 Å². The van der Waals surface area contributed by atoms with E-state index < -0.39 is 15.1 Å². The van der Waals surface area contributed by atoms with Crippen molar-refractivity contribution in [3.63, 3.8) is 0 Å². The average Bonchev–Trinajstić information content (AvgIpc) is 2.96. The molecule has 1 unspecified atom stereocenters. The van der Waals surface area contributed by atoms with Crippen molar-refractivity contribution in [3.8, 4) is 0 Å². The molecule has 3 aromatic rings. The van der Waals surface area contributed by atoms with E-state index in [0.717, 1.165) is 15.3 Å². The van der Waals surface area contributed by atoms with Gasteiger partial charge in [-0.15, -0.1) is 11.3 Å². The summed E-state index contributed by atoms with van der Waals surface area (Å²) in [5, 5.41) is -0.132. The van der Waals surface area contributed by atoms with Crippen LogP contribution in [0.25, 0.3) is 0 Å². The first-order chi connectivity index (χ1) is 11.0. The summed E-state index contributed by atoms with van der Waals surface area (Å²) in [6.07, 6.45) is 0. The highest BCUT2D eigenvalue weighted by Crippen LogP contribution is 2.38. The smallest absolute Gasteiger partial charge is 0.190 e. The molecule has 23 heavy (non-hydrogen) atoms. The third kappa shape index (κ3) is 3.34. The third-order valence-corrected chi connectivity index (χ3v) is 7.12. The van der Waals surface area contributed by atoms with Crippen molar-refractivity contribution in [3.05, 3.63) is 87.1 Å². The lowest BCUT2D eigenvalue weighted by molar-refractivity contribution is 0.589. The Labute approximate surface area is 145 Å². The quantitative estimate of drug-likeness (QED) is 0.633. The lowest BCUT2D eigenvalue weighted by Crippen LogP contribution is -2.14. The van der Waals surface area contributed by atoms with Crippen molar-refractivity contribution in [2.45, 2.75) is 17.1 Å². The van der Waals surface area contributed by atoms with Crippen LogP contribution < -0.4 is 0 Å². The SMILES string of the molecule is Cc1ccc(C(c2ccc(Cl)cc2)S(=O)(=O)c2ccccc2)s1. The topological polar surface area (TPSA) is 34.1 Å². The highest BCUT2D eigenvalue weighted by atomic mass is 35.5. The van der Waals surface area contributed by atoms with Gasteiger partial charge in [0.1, 0.15) is 5.25 Å². The molecule has 5 heteroatoms. The Bertz CT molecular complexity index is 898. The number of benzene rings is 2. The fourth-order valence-electron chi connectivity index (χ4n) is 2.47. The summed E-state index contributed by atoms with van der Waals surface area (Å²) in [6, 6.07) is 19.4. The standard InChI is InChI=1S/C18H15ClO2S2/c1-13-7-12-17(22-13)18(14-8-10-15(19)11-9-14)23(20,21)16-5-3-2-4-6-16/h2-12,18H,1H3. The van der Waals surface area contributed by atoms with Crippen LogP contribution in [-0.4, -0.2) is 8.42 Å². The van der Waals surface area contributed by atoms with E-state index in [4.69, 9.17) is 11.6 Å². The molecule has 3 rings (SSSR count). The molecule has 1 heterocycles. The molecule has 0 bridgehead atoms. The van der Waals surface area contributed by atoms with Crippen LogP contribution >= 0.6 is 22.9 Å². The van der Waals surface area contributed by atoms with Gasteiger partial charge in [-0.2, -0.15) is 0 Å². The van der Waals surface area contributed by atoms with E-state index in [9.17, 15) is 8.42 Å². The van der Waals surface area contributed by atoms with Gasteiger partial charge in [0.2, 0.25) is 0 Å². The largest absolute Gasteiger partial charge is 0.223 e. The molecular weight excluding hydrogens is 348 g/mol. The lowest BCUT2D eigenvalue weighted by Gasteiger charge is -2.17. The maximum Gasteiger partial charge on any atom is 0.190 e. The second-order valence-electron chi connectivity index (χ2n) is 5.24. The Balaban J connectivity index is 2.18. The Morgan fingerprint density at radius 2 is 1.57 bits per heavy atom. The average molecular weight is 363 g/mol. The number of thiophene rings is 1. The Morgan fingerprint density at radius 3 is 2.13 bits per heavy atom. The number of hydrogen-bond donors (Lipinski definition) is 0. The van der Waals surface area contributed by atoms with Crippen molar-refractivity contribution in [2.75, 3.05) is 0 Å². The van der Waals surface area contributed by atoms with E-state index >= 15 is 0 Å². The summed E-state index contributed by atoms with van der Waals surface area (Å²) in [5.41, 5.74) is 0.722. The molecule has 0 aliphatic carbocycles. The fraction of sp³-hybridized carbons (Fsp3) is 0.111. The highest BCUT2D eigenvalue weighted by Gasteiger charge is 2.31. The van der Waals surface area contributed by atoms with Gasteiger partial charge >= 0.3 is 0 Å². The third-order valence-electron chi connectivity index (χ3n) is 3.57. The van der Waals surface area contributed by atoms with Crippen LogP contribution in [0.2, 0.25) is 5.02 Å². The van der Waals surface area contributed by atoms with Gasteiger partial charge in [-0.25, -0.2) is 8.42 Å². The van der Waals surface area contributed by atoms with Gasteiger partial charge in [0.05, 0.1) is 4.90 Å². The highest BCUT2D eigenvalue weighted by molar-refractivity contribution is 7.92. The van der Waals surface area contributed by atoms with Crippen LogP contribution in [0, 0.1) is 6.92 Å². The van der Waals surface area contributed by atoms with Crippen LogP contribution in [0.3, 0.4) is 0 Å². The number of halogens is 1. The monoisotopic (exact) mass is 362 g/mol. The second-order valence-corrected chi connectivity index (χ2v) is 9.03. The maximum absolute atomic E-state index is 13.2. The molecular formula is C18H15ClO2S2. The summed E-state index contributed by atoms with van der Waals surface area (Å²) in [7, 11) is -3.54. The summed E-state index contributed by atoms with van der Waals surface area (Å²) in [5.74, 6) is 0. The first-order valence-corrected chi connectivity index (χ1v) is 9.83. The van der Waals surface area contributed by atoms with Crippen LogP contribution in [0.1, 0.15) is 20.6 Å². The van der Waals surface area contributed by atoms with Gasteiger partial charge in [0.15, 0.2) is 9.84 Å². The first kappa shape index (κ1) is 16.2. The summed E-state index contributed by atoms with van der Waals surface area (Å²) in [6.45, 7) is 1.97. The van der Waals surface area contributed by atoms with E-state index in [1.807, 2.05) is 25.1 Å². The fourth-order valence-corrected chi connectivity index (χ4v) is 5.72. The van der Waals surface area contributed by atoms with Gasteiger partial charge in [0, 0.05) is 14.8 Å². The van der Waals surface area contributed by atoms with E-state index in [-0.39, 0.29) is 0 Å². The molecule has 0 aliphatic heterocycles. The van der Waals surface area contributed by atoms with Crippen molar-refractivity contribution in [1.82, 2.24) is 0 Å². The van der Waals surface area contributed by atoms with Crippen LogP contribution in [0.15, 0.2) is 71.6 Å². The molecule has 1 aromatic heterocycles. The van der Waals surface area contributed by atoms with E-state index in [0.29, 0.717) is 9.92 Å². The van der Waals surface area contributed by atoms with Crippen molar-refractivity contribution in [2.24, 2.45) is 0 Å². The van der Waals surface area contributed by atoms with E-state index in [2.05, 4.69) is 0 Å². The minimum Gasteiger partial charge on any atom is -0.223 e. The normalized spacial score (nSPS) is 13.0. The van der Waals surface area contributed by atoms with Crippen molar-refractivity contribution in [1.29, 1.82) is 0 Å². The summed E-state index contributed by atoms with van der Waals surface area (Å²) >= 11 is 7.46. The molecule has 0 saturated heterocycles. The second kappa shape index (κ2) is 6.48. The molecule has 1 atom stereocenters. The van der Waals surface area contributed by atoms with Crippen molar-refractivity contribution < 1.29 is 8.42 Å². The Kier molecular flexibility index (Phi) is 4.57. The molecule has 0 radical (unpaired) electrons. The molecule has 0 N–H and O–H groups in total. The van der Waals surface area contributed by atoms with E-state index in [1.165, 1.54) is 11.3 Å². The molecule has 0 saturated carbocycles. The van der Waals surface area contributed by atoms with Gasteiger partial charge in [-0.3, -0.25) is 0 Å². The number of rotatable bonds is 4. The minimum absolute atomic E-state index is 0.325. The van der Waals surface area contributed by atoms with Crippen LogP contribution in [0.4, 0.5) is 0 Å². The molecule has 0 spiro atoms. The Morgan fingerprint density at radius 1 is 0.913 bits per heavy atom. The number of hydrogen-bond acceptors (Lipinski definition) is 3. The summed E-state index contributed by atoms with van der Waals surface area (Å²) in [4.78, 5) is 2.22. The molecule has 0 fully saturated rings. The van der Waals surface area contributed by atoms with Crippen LogP contribution in [0.5, 0.6) is 0 Å². The predicted octanol–water partition coefficient (Wildman–Crippen LogP) is 5.27. The molecule has 118 valence electrons. The number of aryl methyl sites for hydroxylation is 1. The van der Waals surface area contributed by atoms with Gasteiger partial charge in [0.25, 0.3) is 0 Å². The molecule has 2 aromatic carbocycles. The number of sulfone groups is 1. The van der Waals surface area contributed by atoms with Crippen molar-refractivity contribution >= 4 is 32.8 Å². The van der Waals surface area contributed by atoms with Gasteiger partial charge in [-0.05, 0) is 48.9 Å². The van der Waals surface area contributed by atoms with E-state index in [1.54, 1.807) is 48.5 Å². The predicted molar refractivity (Wildman–Crippen MR) is 96.0 cm³/mol. The zero-order valence-corrected chi connectivity index (χ0v) is 14.8. The summed E-state index contributed by atoms with van der Waals surface area (Å²) < 4.78 is 26.4. The molecule has 0 amide bonds. The maximum atomic E-state index is 13.2. The van der Waals surface area contributed by atoms with Gasteiger partial charge in [-0.1, -0.05) is 41.9 Å². The molecule has 0 aliphatic rings. The lowest BCUT2D eigenvalue weighted by atomic mass is 10.1. The minimum atomic E-state index is -3.54. The first-order valence-electron chi connectivity index (χ1n) is 7.09. The zero-order valence-electron chi connectivity index (χ0n) is 12.4. The van der Waals surface area contributed by atoms with Gasteiger partial charge < -0.3 is 0 Å². The molecule has 2 nitrogen and oxygen atoms in total.